The lowest BCUT2D eigenvalue weighted by Gasteiger charge is -2.32. The maximum atomic E-state index is 13.4. The Morgan fingerprint density at radius 2 is 1.78 bits per heavy atom. The topological polar surface area (TPSA) is 101 Å². The lowest BCUT2D eigenvalue weighted by Crippen LogP contribution is -2.34. The van der Waals surface area contributed by atoms with Gasteiger partial charge in [-0.05, 0) is 51.0 Å². The highest BCUT2D eigenvalue weighted by molar-refractivity contribution is 6.34. The van der Waals surface area contributed by atoms with E-state index >= 15 is 0 Å². The molecule has 6 heteroatoms. The second-order valence-electron chi connectivity index (χ2n) is 8.37. The monoisotopic (exact) mass is 436 g/mol. The number of carbonyl (C=O) groups excluding carboxylic acids is 3. The fourth-order valence-corrected chi connectivity index (χ4v) is 4.32. The van der Waals surface area contributed by atoms with Crippen LogP contribution in [0.3, 0.4) is 0 Å². The summed E-state index contributed by atoms with van der Waals surface area (Å²) in [6.45, 7) is 4.11. The van der Waals surface area contributed by atoms with Gasteiger partial charge in [0.15, 0.2) is 11.5 Å². The fourth-order valence-electron chi connectivity index (χ4n) is 4.32. The van der Waals surface area contributed by atoms with E-state index in [0.717, 1.165) is 25.5 Å². The van der Waals surface area contributed by atoms with Gasteiger partial charge in [-0.2, -0.15) is 0 Å². The molecule has 0 saturated carbocycles. The number of hydrogen-bond acceptors (Lipinski definition) is 6. The number of methoxy groups -OCH3 is 1. The van der Waals surface area contributed by atoms with Gasteiger partial charge in [0.1, 0.15) is 5.57 Å². The van der Waals surface area contributed by atoms with Crippen LogP contribution in [0.2, 0.25) is 0 Å². The molecule has 0 aliphatic heterocycles. The number of allylic oxidation sites excluding steroid dienone is 5. The summed E-state index contributed by atoms with van der Waals surface area (Å²) in [5.41, 5.74) is 2.76. The summed E-state index contributed by atoms with van der Waals surface area (Å²) < 4.78 is 4.73. The van der Waals surface area contributed by atoms with Gasteiger partial charge < -0.3 is 14.9 Å². The highest BCUT2D eigenvalue weighted by Gasteiger charge is 2.43. The van der Waals surface area contributed by atoms with E-state index in [9.17, 15) is 24.6 Å². The van der Waals surface area contributed by atoms with Crippen molar-refractivity contribution in [1.82, 2.24) is 0 Å². The molecule has 2 aliphatic carbocycles. The molecule has 0 unspecified atom stereocenters. The van der Waals surface area contributed by atoms with Gasteiger partial charge >= 0.3 is 0 Å². The summed E-state index contributed by atoms with van der Waals surface area (Å²) in [7, 11) is 1.10. The number of Topliss-reactive ketones (excluding diaryl/α,β-unsaturated/α-hetero) is 3. The Labute approximate surface area is 187 Å². The first-order valence-electron chi connectivity index (χ1n) is 10.7. The molecule has 0 bridgehead atoms. The molecule has 3 rings (SSSR count). The third-order valence-electron chi connectivity index (χ3n) is 5.98. The van der Waals surface area contributed by atoms with Gasteiger partial charge in [-0.15, -0.1) is 0 Å². The van der Waals surface area contributed by atoms with Crippen LogP contribution in [-0.2, 0) is 19.1 Å². The third kappa shape index (κ3) is 4.59. The summed E-state index contributed by atoms with van der Waals surface area (Å²) in [6.07, 6.45) is 6.99. The van der Waals surface area contributed by atoms with Crippen molar-refractivity contribution >= 4 is 17.3 Å². The molecule has 0 heterocycles. The minimum absolute atomic E-state index is 0.214. The smallest absolute Gasteiger partial charge is 0.266 e. The van der Waals surface area contributed by atoms with Crippen LogP contribution in [0, 0.1) is 5.92 Å². The summed E-state index contributed by atoms with van der Waals surface area (Å²) in [5.74, 6) is -6.25. The average molecular weight is 437 g/mol. The van der Waals surface area contributed by atoms with Gasteiger partial charge in [-0.1, -0.05) is 53.6 Å². The van der Waals surface area contributed by atoms with Crippen LogP contribution in [0.4, 0.5) is 0 Å². The maximum Gasteiger partial charge on any atom is 0.266 e. The van der Waals surface area contributed by atoms with Crippen LogP contribution in [0.1, 0.15) is 51.0 Å². The van der Waals surface area contributed by atoms with Crippen molar-refractivity contribution < 1.29 is 29.3 Å². The zero-order valence-electron chi connectivity index (χ0n) is 18.6. The zero-order chi connectivity index (χ0) is 23.4. The molecule has 0 spiro atoms. The Morgan fingerprint density at radius 1 is 1.09 bits per heavy atom. The minimum Gasteiger partial charge on any atom is -0.503 e. The second kappa shape index (κ2) is 9.81. The molecule has 1 aromatic carbocycles. The SMILES string of the molecule is COC1=C(O)C(=O)C(C(=O)[C@H]2CC=C(CCC=C(C)C)C[C@@H]2c2ccccc2)=C(O)C1=O. The van der Waals surface area contributed by atoms with Gasteiger partial charge in [0.2, 0.25) is 17.3 Å². The van der Waals surface area contributed by atoms with Gasteiger partial charge in [-0.25, -0.2) is 0 Å². The molecule has 168 valence electrons. The molecule has 0 fully saturated rings. The molecular weight excluding hydrogens is 408 g/mol. The van der Waals surface area contributed by atoms with Crippen LogP contribution < -0.4 is 0 Å². The largest absolute Gasteiger partial charge is 0.503 e. The molecule has 2 atom stereocenters. The molecule has 0 saturated heterocycles. The van der Waals surface area contributed by atoms with Gasteiger partial charge in [0, 0.05) is 5.92 Å². The first-order valence-corrected chi connectivity index (χ1v) is 10.7. The van der Waals surface area contributed by atoms with Crippen molar-refractivity contribution in [3.8, 4) is 0 Å². The normalized spacial score (nSPS) is 21.4. The first-order chi connectivity index (χ1) is 15.3. The van der Waals surface area contributed by atoms with Crippen molar-refractivity contribution in [1.29, 1.82) is 0 Å². The number of benzene rings is 1. The molecule has 32 heavy (non-hydrogen) atoms. The van der Waals surface area contributed by atoms with E-state index in [2.05, 4.69) is 19.9 Å². The summed E-state index contributed by atoms with van der Waals surface area (Å²) >= 11 is 0. The van der Waals surface area contributed by atoms with Crippen molar-refractivity contribution in [3.05, 3.63) is 82.0 Å². The van der Waals surface area contributed by atoms with E-state index in [-0.39, 0.29) is 5.92 Å². The van der Waals surface area contributed by atoms with E-state index in [1.807, 2.05) is 36.4 Å². The Bertz CT molecular complexity index is 1050. The molecule has 1 aromatic rings. The molecule has 2 aliphatic rings. The van der Waals surface area contributed by atoms with E-state index < -0.39 is 46.1 Å². The number of ether oxygens (including phenoxy) is 1. The van der Waals surface area contributed by atoms with Gasteiger partial charge in [0.25, 0.3) is 5.78 Å². The molecule has 0 amide bonds. The van der Waals surface area contributed by atoms with Crippen molar-refractivity contribution in [2.75, 3.05) is 7.11 Å². The molecule has 0 aromatic heterocycles. The van der Waals surface area contributed by atoms with Crippen LogP contribution in [-0.4, -0.2) is 34.7 Å². The van der Waals surface area contributed by atoms with E-state index in [1.54, 1.807) is 0 Å². The number of hydrogen-bond donors (Lipinski definition) is 2. The van der Waals surface area contributed by atoms with Crippen LogP contribution in [0.15, 0.2) is 76.5 Å². The summed E-state index contributed by atoms with van der Waals surface area (Å²) in [5, 5.41) is 20.4. The van der Waals surface area contributed by atoms with Gasteiger partial charge in [-0.3, -0.25) is 14.4 Å². The Morgan fingerprint density at radius 3 is 2.41 bits per heavy atom. The van der Waals surface area contributed by atoms with Crippen molar-refractivity contribution in [3.63, 3.8) is 0 Å². The van der Waals surface area contributed by atoms with E-state index in [1.165, 1.54) is 11.1 Å². The van der Waals surface area contributed by atoms with Crippen molar-refractivity contribution in [2.24, 2.45) is 5.92 Å². The van der Waals surface area contributed by atoms with E-state index in [0.29, 0.717) is 12.8 Å². The molecular formula is C26H28O6. The fraction of sp³-hybridized carbons (Fsp3) is 0.346. The predicted octanol–water partition coefficient (Wildman–Crippen LogP) is 4.80. The summed E-state index contributed by atoms with van der Waals surface area (Å²) in [4.78, 5) is 38.4. The van der Waals surface area contributed by atoms with Crippen molar-refractivity contribution in [2.45, 2.75) is 45.4 Å². The molecule has 0 radical (unpaired) electrons. The van der Waals surface area contributed by atoms with Crippen LogP contribution in [0.25, 0.3) is 0 Å². The lowest BCUT2D eigenvalue weighted by molar-refractivity contribution is -0.127. The Balaban J connectivity index is 1.95. The van der Waals surface area contributed by atoms with Gasteiger partial charge in [0.05, 0.1) is 7.11 Å². The lowest BCUT2D eigenvalue weighted by atomic mass is 9.71. The third-order valence-corrected chi connectivity index (χ3v) is 5.98. The highest BCUT2D eigenvalue weighted by atomic mass is 16.5. The van der Waals surface area contributed by atoms with Crippen LogP contribution >= 0.6 is 0 Å². The number of carbonyl (C=O) groups is 3. The van der Waals surface area contributed by atoms with Crippen LogP contribution in [0.5, 0.6) is 0 Å². The highest BCUT2D eigenvalue weighted by Crippen LogP contribution is 2.41. The molecule has 6 nitrogen and oxygen atoms in total. The number of aliphatic hydroxyl groups is 2. The zero-order valence-corrected chi connectivity index (χ0v) is 18.6. The average Bonchev–Trinajstić information content (AvgIpc) is 2.78. The second-order valence-corrected chi connectivity index (χ2v) is 8.37. The quantitative estimate of drug-likeness (QED) is 0.362. The number of ketones is 3. The number of aliphatic hydroxyl groups excluding tert-OH is 2. The maximum absolute atomic E-state index is 13.4. The molecule has 2 N–H and O–H groups in total. The first kappa shape index (κ1) is 23.3. The summed E-state index contributed by atoms with van der Waals surface area (Å²) in [6, 6.07) is 9.55. The predicted molar refractivity (Wildman–Crippen MR) is 120 cm³/mol. The Kier molecular flexibility index (Phi) is 7.13. The van der Waals surface area contributed by atoms with E-state index in [4.69, 9.17) is 4.74 Å². The Hall–Kier alpha value is -3.41. The number of rotatable bonds is 7. The minimum atomic E-state index is -1.09. The standard InChI is InChI=1S/C26H28O6/c1-15(2)8-7-9-16-12-13-18(19(14-16)17-10-5-4-6-11-17)21(27)20-22(28)24(30)26(32-3)25(31)23(20)29/h4-6,8,10-12,18-19,28,31H,7,9,13-14H2,1-3H3/t18-,19+/m0/s1.